The van der Waals surface area contributed by atoms with Crippen molar-refractivity contribution in [3.8, 4) is 0 Å². The van der Waals surface area contributed by atoms with Crippen molar-refractivity contribution < 1.29 is 17.5 Å². The molecule has 7 N–H and O–H groups in total. The van der Waals surface area contributed by atoms with Crippen LogP contribution in [0.4, 0.5) is 0 Å². The molecule has 0 radical (unpaired) electrons. The molecule has 108 valence electrons. The summed E-state index contributed by atoms with van der Waals surface area (Å²) in [6.07, 6.45) is 0. The predicted octanol–water partition coefficient (Wildman–Crippen LogP) is 1.05. The topological polar surface area (TPSA) is 150 Å². The standard InChI is InChI=1S/C10H15N3S.H2O4S/c1-7(11)9(14-10(12)13)8-5-3-2-4-6-8;1-5(2,3)4/h2-7,9H,11H2,1H3,(H3,12,13);(H2,1,2,3,4). The highest BCUT2D eigenvalue weighted by molar-refractivity contribution is 8.13. The van der Waals surface area contributed by atoms with Crippen LogP contribution in [0, 0.1) is 5.41 Å². The fraction of sp³-hybridized carbons (Fsp3) is 0.300. The Bertz CT molecular complexity index is 483. The lowest BCUT2D eigenvalue weighted by atomic mass is 10.1. The van der Waals surface area contributed by atoms with Gasteiger partial charge in [-0.2, -0.15) is 8.42 Å². The van der Waals surface area contributed by atoms with Crippen molar-refractivity contribution in [2.45, 2.75) is 18.2 Å². The van der Waals surface area contributed by atoms with E-state index in [2.05, 4.69) is 0 Å². The lowest BCUT2D eigenvalue weighted by molar-refractivity contribution is 0.381. The summed E-state index contributed by atoms with van der Waals surface area (Å²) in [7, 11) is -4.67. The third kappa shape index (κ3) is 10.5. The highest BCUT2D eigenvalue weighted by Gasteiger charge is 2.17. The molecule has 0 aromatic heterocycles. The number of hydrogen-bond acceptors (Lipinski definition) is 5. The molecular weight excluding hydrogens is 290 g/mol. The van der Waals surface area contributed by atoms with E-state index in [0.717, 1.165) is 5.56 Å². The van der Waals surface area contributed by atoms with Crippen molar-refractivity contribution in [2.75, 3.05) is 0 Å². The molecule has 0 aliphatic heterocycles. The van der Waals surface area contributed by atoms with E-state index >= 15 is 0 Å². The Hall–Kier alpha value is -1.13. The zero-order chi connectivity index (χ0) is 15.1. The minimum absolute atomic E-state index is 0.0219. The molecule has 0 amide bonds. The Labute approximate surface area is 116 Å². The lowest BCUT2D eigenvalue weighted by Crippen LogP contribution is -2.24. The van der Waals surface area contributed by atoms with Gasteiger partial charge in [0.15, 0.2) is 5.17 Å². The van der Waals surface area contributed by atoms with Gasteiger partial charge in [-0.25, -0.2) is 0 Å². The van der Waals surface area contributed by atoms with Gasteiger partial charge >= 0.3 is 10.4 Å². The molecule has 0 heterocycles. The van der Waals surface area contributed by atoms with E-state index in [1.54, 1.807) is 0 Å². The summed E-state index contributed by atoms with van der Waals surface area (Å²) in [5.74, 6) is 0. The van der Waals surface area contributed by atoms with E-state index in [0.29, 0.717) is 0 Å². The van der Waals surface area contributed by atoms with E-state index in [4.69, 9.17) is 34.4 Å². The summed E-state index contributed by atoms with van der Waals surface area (Å²) in [5.41, 5.74) is 12.3. The number of rotatable bonds is 3. The quantitative estimate of drug-likeness (QED) is 0.318. The number of hydrogen-bond donors (Lipinski definition) is 5. The second kappa shape index (κ2) is 8.12. The Balaban J connectivity index is 0.000000555. The first-order valence-electron chi connectivity index (χ1n) is 5.12. The molecule has 1 aromatic carbocycles. The van der Waals surface area contributed by atoms with Crippen LogP contribution in [0.25, 0.3) is 0 Å². The molecule has 0 fully saturated rings. The highest BCUT2D eigenvalue weighted by atomic mass is 32.3. The molecule has 0 saturated carbocycles. The maximum atomic E-state index is 8.74. The van der Waals surface area contributed by atoms with Crippen LogP contribution >= 0.6 is 11.8 Å². The summed E-state index contributed by atoms with van der Waals surface area (Å²) in [5, 5.41) is 7.42. The smallest absolute Gasteiger partial charge is 0.379 e. The fourth-order valence-electron chi connectivity index (χ4n) is 1.26. The normalized spacial score (nSPS) is 13.9. The van der Waals surface area contributed by atoms with E-state index in [9.17, 15) is 0 Å². The molecule has 1 aromatic rings. The fourth-order valence-corrected chi connectivity index (χ4v) is 2.04. The number of thioether (sulfide) groups is 1. The summed E-state index contributed by atoms with van der Waals surface area (Å²) in [4.78, 5) is 0. The van der Waals surface area contributed by atoms with Gasteiger partial charge in [0.25, 0.3) is 0 Å². The molecule has 2 atom stereocenters. The summed E-state index contributed by atoms with van der Waals surface area (Å²) in [6, 6.07) is 9.87. The average molecular weight is 307 g/mol. The van der Waals surface area contributed by atoms with E-state index in [1.165, 1.54) is 11.8 Å². The van der Waals surface area contributed by atoms with Gasteiger partial charge in [0.2, 0.25) is 0 Å². The van der Waals surface area contributed by atoms with Crippen LogP contribution in [-0.4, -0.2) is 28.7 Å². The van der Waals surface area contributed by atoms with Crippen molar-refractivity contribution in [2.24, 2.45) is 11.5 Å². The molecule has 0 bridgehead atoms. The van der Waals surface area contributed by atoms with Crippen molar-refractivity contribution >= 4 is 27.3 Å². The number of amidine groups is 1. The number of nitrogens with one attached hydrogen (secondary N) is 1. The molecule has 9 heteroatoms. The molecule has 2 unspecified atom stereocenters. The molecular formula is C10H17N3O4S2. The minimum Gasteiger partial charge on any atom is -0.379 e. The Morgan fingerprint density at radius 3 is 2.05 bits per heavy atom. The molecule has 0 aliphatic carbocycles. The average Bonchev–Trinajstić information content (AvgIpc) is 2.24. The van der Waals surface area contributed by atoms with Gasteiger partial charge < -0.3 is 11.5 Å². The van der Waals surface area contributed by atoms with Crippen molar-refractivity contribution in [1.29, 1.82) is 5.41 Å². The van der Waals surface area contributed by atoms with Crippen molar-refractivity contribution in [3.63, 3.8) is 0 Å². The summed E-state index contributed by atoms with van der Waals surface area (Å²) < 4.78 is 31.6. The number of benzene rings is 1. The zero-order valence-corrected chi connectivity index (χ0v) is 11.9. The largest absolute Gasteiger partial charge is 0.394 e. The minimum atomic E-state index is -4.67. The maximum Gasteiger partial charge on any atom is 0.394 e. The van der Waals surface area contributed by atoms with Crippen LogP contribution in [0.5, 0.6) is 0 Å². The van der Waals surface area contributed by atoms with Gasteiger partial charge in [-0.1, -0.05) is 42.1 Å². The lowest BCUT2D eigenvalue weighted by Gasteiger charge is -2.19. The molecule has 7 nitrogen and oxygen atoms in total. The van der Waals surface area contributed by atoms with Gasteiger partial charge in [-0.3, -0.25) is 14.5 Å². The maximum absolute atomic E-state index is 8.74. The van der Waals surface area contributed by atoms with Gasteiger partial charge in [0.1, 0.15) is 0 Å². The first-order valence-corrected chi connectivity index (χ1v) is 7.40. The Morgan fingerprint density at radius 2 is 1.74 bits per heavy atom. The van der Waals surface area contributed by atoms with Crippen LogP contribution in [0.2, 0.25) is 0 Å². The second-order valence-electron chi connectivity index (χ2n) is 3.62. The van der Waals surface area contributed by atoms with Crippen LogP contribution < -0.4 is 11.5 Å². The van der Waals surface area contributed by atoms with Gasteiger partial charge in [-0.15, -0.1) is 0 Å². The third-order valence-electron chi connectivity index (χ3n) is 1.86. The van der Waals surface area contributed by atoms with Crippen molar-refractivity contribution in [1.82, 2.24) is 0 Å². The molecule has 0 saturated heterocycles. The second-order valence-corrected chi connectivity index (χ2v) is 5.70. The van der Waals surface area contributed by atoms with Gasteiger partial charge in [0.05, 0.1) is 5.25 Å². The number of nitrogens with two attached hydrogens (primary N) is 2. The van der Waals surface area contributed by atoms with Crippen LogP contribution in [0.3, 0.4) is 0 Å². The van der Waals surface area contributed by atoms with E-state index in [1.807, 2.05) is 37.3 Å². The van der Waals surface area contributed by atoms with Crippen molar-refractivity contribution in [3.05, 3.63) is 35.9 Å². The molecule has 1 rings (SSSR count). The molecule has 0 spiro atoms. The molecule has 0 aliphatic rings. The van der Waals surface area contributed by atoms with Crippen LogP contribution in [0.15, 0.2) is 30.3 Å². The first kappa shape index (κ1) is 17.9. The predicted molar refractivity (Wildman–Crippen MR) is 76.5 cm³/mol. The first-order chi connectivity index (χ1) is 8.61. The zero-order valence-electron chi connectivity index (χ0n) is 10.2. The summed E-state index contributed by atoms with van der Waals surface area (Å²) in [6.45, 7) is 1.92. The Kier molecular flexibility index (Phi) is 7.64. The monoisotopic (exact) mass is 307 g/mol. The van der Waals surface area contributed by atoms with E-state index in [-0.39, 0.29) is 16.5 Å². The SMILES string of the molecule is CC(N)C(SC(=N)N)c1ccccc1.O=S(=O)(O)O. The van der Waals surface area contributed by atoms with Gasteiger partial charge in [0, 0.05) is 6.04 Å². The van der Waals surface area contributed by atoms with E-state index < -0.39 is 10.4 Å². The van der Waals surface area contributed by atoms with Crippen LogP contribution in [0.1, 0.15) is 17.7 Å². The van der Waals surface area contributed by atoms with Crippen LogP contribution in [-0.2, 0) is 10.4 Å². The molecule has 19 heavy (non-hydrogen) atoms. The Morgan fingerprint density at radius 1 is 1.32 bits per heavy atom. The van der Waals surface area contributed by atoms with Gasteiger partial charge in [-0.05, 0) is 12.5 Å². The summed E-state index contributed by atoms with van der Waals surface area (Å²) >= 11 is 1.30. The highest BCUT2D eigenvalue weighted by Crippen LogP contribution is 2.30. The third-order valence-corrected chi connectivity index (χ3v) is 3.07.